The minimum Gasteiger partial charge on any atom is -0.334 e. The van der Waals surface area contributed by atoms with Crippen molar-refractivity contribution >= 4 is 34.5 Å². The van der Waals surface area contributed by atoms with Crippen LogP contribution in [0.4, 0.5) is 13.2 Å². The molecule has 30 heavy (non-hydrogen) atoms. The molecule has 1 amide bonds. The van der Waals surface area contributed by atoms with Crippen molar-refractivity contribution in [2.24, 2.45) is 7.05 Å². The van der Waals surface area contributed by atoms with Crippen molar-refractivity contribution < 1.29 is 18.0 Å². The molecule has 0 radical (unpaired) electrons. The van der Waals surface area contributed by atoms with Crippen LogP contribution >= 0.6 is 22.9 Å². The monoisotopic (exact) mass is 454 g/mol. The van der Waals surface area contributed by atoms with Crippen molar-refractivity contribution in [1.29, 1.82) is 0 Å². The second-order valence-electron chi connectivity index (χ2n) is 6.54. The third kappa shape index (κ3) is 3.65. The molecular formula is C18H14ClF3N6OS. The van der Waals surface area contributed by atoms with Gasteiger partial charge in [-0.2, -0.15) is 23.4 Å². The number of hydrogen-bond acceptors (Lipinski definition) is 5. The maximum Gasteiger partial charge on any atom is 0.433 e. The number of fused-ring (bicyclic) bond motifs is 1. The second kappa shape index (κ2) is 7.40. The van der Waals surface area contributed by atoms with Crippen LogP contribution in [0.3, 0.4) is 0 Å². The highest BCUT2D eigenvalue weighted by atomic mass is 35.5. The zero-order valence-corrected chi connectivity index (χ0v) is 17.3. The van der Waals surface area contributed by atoms with Crippen LogP contribution in [0, 0.1) is 0 Å². The van der Waals surface area contributed by atoms with Crippen LogP contribution in [-0.4, -0.2) is 42.2 Å². The van der Waals surface area contributed by atoms with Gasteiger partial charge in [0, 0.05) is 20.3 Å². The van der Waals surface area contributed by atoms with Gasteiger partial charge in [-0.1, -0.05) is 17.7 Å². The van der Waals surface area contributed by atoms with E-state index in [0.29, 0.717) is 15.1 Å². The van der Waals surface area contributed by atoms with Gasteiger partial charge in [0.1, 0.15) is 5.02 Å². The van der Waals surface area contributed by atoms with Gasteiger partial charge < -0.3 is 4.90 Å². The Bertz CT molecular complexity index is 1230. The lowest BCUT2D eigenvalue weighted by atomic mass is 10.2. The van der Waals surface area contributed by atoms with E-state index in [2.05, 4.69) is 15.2 Å². The quantitative estimate of drug-likeness (QED) is 0.465. The number of carbonyl (C=O) groups is 1. The molecule has 0 unspecified atom stereocenters. The predicted molar refractivity (Wildman–Crippen MR) is 105 cm³/mol. The van der Waals surface area contributed by atoms with Gasteiger partial charge in [0.15, 0.2) is 17.0 Å². The van der Waals surface area contributed by atoms with Crippen molar-refractivity contribution in [3.05, 3.63) is 57.9 Å². The summed E-state index contributed by atoms with van der Waals surface area (Å²) in [7, 11) is 3.23. The SMILES string of the molecule is CN(Cc1ccn(C)n1)C(=O)c1nn2c(C(F)(F)F)cc(-c3cccs3)nc2c1Cl. The number of carbonyl (C=O) groups excluding carboxylic acids is 1. The first kappa shape index (κ1) is 20.4. The molecular weight excluding hydrogens is 441 g/mol. The van der Waals surface area contributed by atoms with Crippen molar-refractivity contribution in [3.8, 4) is 10.6 Å². The van der Waals surface area contributed by atoms with Gasteiger partial charge in [0.2, 0.25) is 0 Å². The van der Waals surface area contributed by atoms with Gasteiger partial charge in [0.25, 0.3) is 5.91 Å². The third-order valence-electron chi connectivity index (χ3n) is 4.31. The van der Waals surface area contributed by atoms with E-state index in [-0.39, 0.29) is 28.6 Å². The van der Waals surface area contributed by atoms with E-state index < -0.39 is 17.8 Å². The summed E-state index contributed by atoms with van der Waals surface area (Å²) < 4.78 is 43.2. The summed E-state index contributed by atoms with van der Waals surface area (Å²) in [6, 6.07) is 5.99. The summed E-state index contributed by atoms with van der Waals surface area (Å²) in [5.41, 5.74) is -0.889. The summed E-state index contributed by atoms with van der Waals surface area (Å²) in [5, 5.41) is 9.53. The van der Waals surface area contributed by atoms with E-state index in [1.807, 2.05) is 0 Å². The molecule has 0 bridgehead atoms. The fourth-order valence-electron chi connectivity index (χ4n) is 2.92. The Labute approximate surface area is 177 Å². The van der Waals surface area contributed by atoms with E-state index in [1.165, 1.54) is 23.3 Å². The highest BCUT2D eigenvalue weighted by molar-refractivity contribution is 7.13. The molecule has 0 fully saturated rings. The lowest BCUT2D eigenvalue weighted by Gasteiger charge is -2.14. The average Bonchev–Trinajstić information content (AvgIpc) is 3.41. The first-order chi connectivity index (χ1) is 14.1. The molecule has 0 spiro atoms. The molecule has 156 valence electrons. The molecule has 4 heterocycles. The Balaban J connectivity index is 1.80. The number of thiophene rings is 1. The smallest absolute Gasteiger partial charge is 0.334 e. The number of nitrogens with zero attached hydrogens (tertiary/aromatic N) is 6. The van der Waals surface area contributed by atoms with Crippen LogP contribution in [0.1, 0.15) is 21.9 Å². The molecule has 0 saturated carbocycles. The van der Waals surface area contributed by atoms with Crippen LogP contribution in [0.5, 0.6) is 0 Å². The lowest BCUT2D eigenvalue weighted by molar-refractivity contribution is -0.142. The normalized spacial score (nSPS) is 11.9. The average molecular weight is 455 g/mol. The number of aryl methyl sites for hydroxylation is 1. The van der Waals surface area contributed by atoms with E-state index in [9.17, 15) is 18.0 Å². The Morgan fingerprint density at radius 2 is 2.07 bits per heavy atom. The van der Waals surface area contributed by atoms with Crippen LogP contribution in [0.15, 0.2) is 35.8 Å². The molecule has 0 N–H and O–H groups in total. The summed E-state index contributed by atoms with van der Waals surface area (Å²) >= 11 is 7.53. The molecule has 0 atom stereocenters. The fraction of sp³-hybridized carbons (Fsp3) is 0.222. The topological polar surface area (TPSA) is 68.3 Å². The maximum atomic E-state index is 13.7. The minimum atomic E-state index is -4.72. The van der Waals surface area contributed by atoms with Gasteiger partial charge >= 0.3 is 6.18 Å². The van der Waals surface area contributed by atoms with Crippen molar-refractivity contribution in [2.45, 2.75) is 12.7 Å². The van der Waals surface area contributed by atoms with Crippen LogP contribution in [-0.2, 0) is 19.8 Å². The first-order valence-electron chi connectivity index (χ1n) is 8.59. The van der Waals surface area contributed by atoms with Gasteiger partial charge in [-0.3, -0.25) is 9.48 Å². The minimum absolute atomic E-state index is 0.104. The van der Waals surface area contributed by atoms with Gasteiger partial charge in [-0.25, -0.2) is 9.50 Å². The third-order valence-corrected chi connectivity index (χ3v) is 5.55. The van der Waals surface area contributed by atoms with Crippen LogP contribution in [0.2, 0.25) is 5.02 Å². The lowest BCUT2D eigenvalue weighted by Crippen LogP contribution is -2.27. The van der Waals surface area contributed by atoms with E-state index in [1.54, 1.807) is 41.5 Å². The molecule has 4 aromatic rings. The maximum absolute atomic E-state index is 13.7. The highest BCUT2D eigenvalue weighted by Crippen LogP contribution is 2.35. The number of halogens is 4. The van der Waals surface area contributed by atoms with Crippen LogP contribution < -0.4 is 0 Å². The predicted octanol–water partition coefficient (Wildman–Crippen LogP) is 4.14. The van der Waals surface area contributed by atoms with Crippen molar-refractivity contribution in [2.75, 3.05) is 7.05 Å². The summed E-state index contributed by atoms with van der Waals surface area (Å²) in [5.74, 6) is -0.637. The van der Waals surface area contributed by atoms with Crippen molar-refractivity contribution in [1.82, 2.24) is 29.3 Å². The number of alkyl halides is 3. The molecule has 0 aromatic carbocycles. The van der Waals surface area contributed by atoms with Crippen molar-refractivity contribution in [3.63, 3.8) is 0 Å². The molecule has 12 heteroatoms. The largest absolute Gasteiger partial charge is 0.433 e. The molecule has 4 rings (SSSR count). The number of hydrogen-bond donors (Lipinski definition) is 0. The Morgan fingerprint density at radius 1 is 1.30 bits per heavy atom. The second-order valence-corrected chi connectivity index (χ2v) is 7.87. The van der Waals surface area contributed by atoms with Crippen LogP contribution in [0.25, 0.3) is 16.2 Å². The summed E-state index contributed by atoms with van der Waals surface area (Å²) in [4.78, 5) is 18.9. The van der Waals surface area contributed by atoms with E-state index in [0.717, 1.165) is 6.07 Å². The highest BCUT2D eigenvalue weighted by Gasteiger charge is 2.37. The summed E-state index contributed by atoms with van der Waals surface area (Å²) in [6.07, 6.45) is -3.00. The fourth-order valence-corrected chi connectivity index (χ4v) is 3.85. The zero-order chi connectivity index (χ0) is 21.6. The van der Waals surface area contributed by atoms with Gasteiger partial charge in [-0.05, 0) is 23.6 Å². The Morgan fingerprint density at radius 3 is 2.67 bits per heavy atom. The Hall–Kier alpha value is -2.92. The number of aromatic nitrogens is 5. The van der Waals surface area contributed by atoms with Gasteiger partial charge in [0.05, 0.1) is 22.8 Å². The number of amides is 1. The molecule has 0 aliphatic rings. The zero-order valence-electron chi connectivity index (χ0n) is 15.7. The van der Waals surface area contributed by atoms with Gasteiger partial charge in [-0.15, -0.1) is 11.3 Å². The molecule has 7 nitrogen and oxygen atoms in total. The standard InChI is InChI=1S/C18H14ClF3N6OS/c1-26(9-10-5-6-27(2)24-10)17(29)15-14(19)16-23-11(12-4-3-7-30-12)8-13(18(20,21)22)28(16)25-15/h3-8H,9H2,1-2H3. The summed E-state index contributed by atoms with van der Waals surface area (Å²) in [6.45, 7) is 0.143. The molecule has 4 aromatic heterocycles. The molecule has 0 aliphatic carbocycles. The number of rotatable bonds is 4. The Kier molecular flexibility index (Phi) is 5.02. The van der Waals surface area contributed by atoms with E-state index >= 15 is 0 Å². The van der Waals surface area contributed by atoms with E-state index in [4.69, 9.17) is 11.6 Å². The molecule has 0 aliphatic heterocycles. The molecule has 0 saturated heterocycles. The first-order valence-corrected chi connectivity index (χ1v) is 9.85.